The normalized spacial score (nSPS) is 48.4. The SMILES string of the molecule is CCC1CC(C)C1C(C)C(C)C1C(C)C1CC. The van der Waals surface area contributed by atoms with Crippen LogP contribution in [0.5, 0.6) is 0 Å². The molecule has 2 fully saturated rings. The molecule has 17 heavy (non-hydrogen) atoms. The zero-order valence-electron chi connectivity index (χ0n) is 12.7. The highest BCUT2D eigenvalue weighted by atomic mass is 14.6. The molecule has 8 unspecified atom stereocenters. The summed E-state index contributed by atoms with van der Waals surface area (Å²) in [6.45, 7) is 14.8. The lowest BCUT2D eigenvalue weighted by Gasteiger charge is -2.48. The van der Waals surface area contributed by atoms with Gasteiger partial charge in [0.2, 0.25) is 0 Å². The molecule has 0 N–H and O–H groups in total. The van der Waals surface area contributed by atoms with E-state index in [0.29, 0.717) is 0 Å². The summed E-state index contributed by atoms with van der Waals surface area (Å²) in [7, 11) is 0. The minimum absolute atomic E-state index is 0.952. The fourth-order valence-electron chi connectivity index (χ4n) is 5.24. The van der Waals surface area contributed by atoms with Crippen molar-refractivity contribution >= 4 is 0 Å². The molecular formula is C17H32. The van der Waals surface area contributed by atoms with Crippen LogP contribution in [0.4, 0.5) is 0 Å². The van der Waals surface area contributed by atoms with Crippen LogP contribution >= 0.6 is 0 Å². The van der Waals surface area contributed by atoms with E-state index in [1.165, 1.54) is 19.3 Å². The second kappa shape index (κ2) is 4.94. The van der Waals surface area contributed by atoms with Gasteiger partial charge in [0, 0.05) is 0 Å². The minimum Gasteiger partial charge on any atom is -0.0651 e. The molecule has 2 aliphatic rings. The van der Waals surface area contributed by atoms with Crippen LogP contribution in [0.25, 0.3) is 0 Å². The van der Waals surface area contributed by atoms with E-state index in [9.17, 15) is 0 Å². The predicted molar refractivity (Wildman–Crippen MR) is 75.8 cm³/mol. The first-order valence-electron chi connectivity index (χ1n) is 8.02. The molecule has 0 amide bonds. The largest absolute Gasteiger partial charge is 0.0651 e. The molecule has 2 saturated carbocycles. The van der Waals surface area contributed by atoms with Gasteiger partial charge in [-0.15, -0.1) is 0 Å². The van der Waals surface area contributed by atoms with E-state index in [2.05, 4.69) is 41.5 Å². The monoisotopic (exact) mass is 236 g/mol. The summed E-state index contributed by atoms with van der Waals surface area (Å²) in [4.78, 5) is 0. The maximum atomic E-state index is 2.55. The molecule has 0 aromatic rings. The standard InChI is InChI=1S/C17H32/c1-7-14-9-10(3)16(14)11(4)12(5)17-13(6)15(17)8-2/h10-17H,7-9H2,1-6H3. The zero-order valence-corrected chi connectivity index (χ0v) is 12.7. The Labute approximate surface area is 109 Å². The van der Waals surface area contributed by atoms with Crippen molar-refractivity contribution in [2.75, 3.05) is 0 Å². The second-order valence-electron chi connectivity index (χ2n) is 7.19. The van der Waals surface area contributed by atoms with Crippen LogP contribution in [-0.2, 0) is 0 Å². The van der Waals surface area contributed by atoms with E-state index in [1.54, 1.807) is 0 Å². The van der Waals surface area contributed by atoms with Gasteiger partial charge >= 0.3 is 0 Å². The summed E-state index contributed by atoms with van der Waals surface area (Å²) in [5.41, 5.74) is 0. The average Bonchev–Trinajstić information content (AvgIpc) is 2.94. The molecule has 8 atom stereocenters. The number of hydrogen-bond donors (Lipinski definition) is 0. The summed E-state index contributed by atoms with van der Waals surface area (Å²) in [5.74, 6) is 8.06. The predicted octanol–water partition coefficient (Wildman–Crippen LogP) is 5.23. The maximum Gasteiger partial charge on any atom is -0.0326 e. The quantitative estimate of drug-likeness (QED) is 0.613. The molecule has 100 valence electrons. The summed E-state index contributed by atoms with van der Waals surface area (Å²) in [6, 6.07) is 0. The van der Waals surface area contributed by atoms with E-state index < -0.39 is 0 Å². The molecule has 0 nitrogen and oxygen atoms in total. The molecule has 0 saturated heterocycles. The van der Waals surface area contributed by atoms with Crippen LogP contribution in [-0.4, -0.2) is 0 Å². The first-order valence-corrected chi connectivity index (χ1v) is 8.02. The van der Waals surface area contributed by atoms with E-state index in [4.69, 9.17) is 0 Å². The number of rotatable bonds is 5. The van der Waals surface area contributed by atoms with Crippen LogP contribution < -0.4 is 0 Å². The van der Waals surface area contributed by atoms with Gasteiger partial charge in [0.05, 0.1) is 0 Å². The third kappa shape index (κ3) is 2.17. The lowest BCUT2D eigenvalue weighted by atomic mass is 9.57. The fourth-order valence-corrected chi connectivity index (χ4v) is 5.24. The first kappa shape index (κ1) is 13.4. The van der Waals surface area contributed by atoms with Gasteiger partial charge in [-0.2, -0.15) is 0 Å². The first-order chi connectivity index (χ1) is 8.02. The van der Waals surface area contributed by atoms with E-state index in [1.807, 2.05) is 0 Å². The lowest BCUT2D eigenvalue weighted by Crippen LogP contribution is -2.41. The zero-order chi connectivity index (χ0) is 12.7. The molecule has 0 heterocycles. The summed E-state index contributed by atoms with van der Waals surface area (Å²) < 4.78 is 0. The molecule has 0 heteroatoms. The third-order valence-electron chi connectivity index (χ3n) is 6.55. The van der Waals surface area contributed by atoms with E-state index in [0.717, 1.165) is 47.3 Å². The Balaban J connectivity index is 1.93. The average molecular weight is 236 g/mol. The van der Waals surface area contributed by atoms with Gasteiger partial charge in [0.25, 0.3) is 0 Å². The smallest absolute Gasteiger partial charge is 0.0326 e. The molecule has 0 aromatic carbocycles. The second-order valence-corrected chi connectivity index (χ2v) is 7.19. The number of hydrogen-bond acceptors (Lipinski definition) is 0. The Hall–Kier alpha value is 0. The third-order valence-corrected chi connectivity index (χ3v) is 6.55. The summed E-state index contributed by atoms with van der Waals surface area (Å²) >= 11 is 0. The fraction of sp³-hybridized carbons (Fsp3) is 1.00. The highest BCUT2D eigenvalue weighted by Crippen LogP contribution is 2.58. The lowest BCUT2D eigenvalue weighted by molar-refractivity contribution is 0.00638. The van der Waals surface area contributed by atoms with Crippen molar-refractivity contribution in [2.24, 2.45) is 47.3 Å². The van der Waals surface area contributed by atoms with Gasteiger partial charge in [-0.25, -0.2) is 0 Å². The summed E-state index contributed by atoms with van der Waals surface area (Å²) in [5, 5.41) is 0. The van der Waals surface area contributed by atoms with Crippen molar-refractivity contribution in [3.63, 3.8) is 0 Å². The molecule has 0 aromatic heterocycles. The molecule has 2 rings (SSSR count). The van der Waals surface area contributed by atoms with Gasteiger partial charge in [-0.1, -0.05) is 54.4 Å². The van der Waals surface area contributed by atoms with Crippen LogP contribution in [0.1, 0.15) is 60.8 Å². The minimum atomic E-state index is 0.952. The Morgan fingerprint density at radius 1 is 0.941 bits per heavy atom. The van der Waals surface area contributed by atoms with Crippen LogP contribution in [0.15, 0.2) is 0 Å². The Bertz CT molecular complexity index is 257. The van der Waals surface area contributed by atoms with Crippen LogP contribution in [0.3, 0.4) is 0 Å². The molecule has 2 aliphatic carbocycles. The maximum absolute atomic E-state index is 2.55. The summed E-state index contributed by atoms with van der Waals surface area (Å²) in [6.07, 6.45) is 4.31. The van der Waals surface area contributed by atoms with Gasteiger partial charge in [-0.05, 0) is 53.8 Å². The van der Waals surface area contributed by atoms with Crippen molar-refractivity contribution in [3.8, 4) is 0 Å². The van der Waals surface area contributed by atoms with Gasteiger partial charge in [0.1, 0.15) is 0 Å². The molecule has 0 bridgehead atoms. The molecule has 0 radical (unpaired) electrons. The highest BCUT2D eigenvalue weighted by Gasteiger charge is 2.52. The van der Waals surface area contributed by atoms with E-state index >= 15 is 0 Å². The van der Waals surface area contributed by atoms with Crippen LogP contribution in [0.2, 0.25) is 0 Å². The van der Waals surface area contributed by atoms with Crippen molar-refractivity contribution in [1.29, 1.82) is 0 Å². The van der Waals surface area contributed by atoms with E-state index in [-0.39, 0.29) is 0 Å². The van der Waals surface area contributed by atoms with Crippen molar-refractivity contribution in [3.05, 3.63) is 0 Å². The Morgan fingerprint density at radius 2 is 1.53 bits per heavy atom. The molecular weight excluding hydrogens is 204 g/mol. The molecule has 0 spiro atoms. The van der Waals surface area contributed by atoms with Crippen LogP contribution in [0, 0.1) is 47.3 Å². The van der Waals surface area contributed by atoms with Gasteiger partial charge in [-0.3, -0.25) is 0 Å². The topological polar surface area (TPSA) is 0 Å². The Morgan fingerprint density at radius 3 is 1.94 bits per heavy atom. The Kier molecular flexibility index (Phi) is 3.90. The van der Waals surface area contributed by atoms with Gasteiger partial charge < -0.3 is 0 Å². The van der Waals surface area contributed by atoms with Crippen molar-refractivity contribution in [2.45, 2.75) is 60.8 Å². The van der Waals surface area contributed by atoms with Gasteiger partial charge in [0.15, 0.2) is 0 Å². The van der Waals surface area contributed by atoms with Crippen molar-refractivity contribution in [1.82, 2.24) is 0 Å². The molecule has 0 aliphatic heterocycles. The highest BCUT2D eigenvalue weighted by molar-refractivity contribution is 5.00. The van der Waals surface area contributed by atoms with Crippen molar-refractivity contribution < 1.29 is 0 Å².